The summed E-state index contributed by atoms with van der Waals surface area (Å²) in [5, 5.41) is 17.9. The number of nitrogens with zero attached hydrogens (tertiary/aromatic N) is 2. The van der Waals surface area contributed by atoms with Gasteiger partial charge in [-0.25, -0.2) is 0 Å². The van der Waals surface area contributed by atoms with Gasteiger partial charge in [-0.3, -0.25) is 0 Å². The number of hydrogen-bond donors (Lipinski definition) is 0. The molecule has 0 amide bonds. The van der Waals surface area contributed by atoms with Gasteiger partial charge < -0.3 is 9.13 Å². The number of rotatable bonds is 4. The third kappa shape index (κ3) is 5.12. The van der Waals surface area contributed by atoms with Gasteiger partial charge >= 0.3 is 0 Å². The van der Waals surface area contributed by atoms with Crippen LogP contribution in [0.5, 0.6) is 0 Å². The molecule has 15 aromatic rings. The molecule has 0 N–H and O–H groups in total. The lowest BCUT2D eigenvalue weighted by atomic mass is 9.90. The number of aromatic nitrogens is 2. The summed E-state index contributed by atoms with van der Waals surface area (Å²) in [5.74, 6) is 0. The Balaban J connectivity index is 0.858. The van der Waals surface area contributed by atoms with Crippen LogP contribution in [0.15, 0.2) is 243 Å². The molecule has 70 heavy (non-hydrogen) atoms. The van der Waals surface area contributed by atoms with Gasteiger partial charge in [0.2, 0.25) is 0 Å². The lowest BCUT2D eigenvalue weighted by Gasteiger charge is -2.17. The minimum atomic E-state index is 1.15. The van der Waals surface area contributed by atoms with Crippen LogP contribution in [-0.2, 0) is 0 Å². The van der Waals surface area contributed by atoms with E-state index in [-0.39, 0.29) is 0 Å². The van der Waals surface area contributed by atoms with E-state index in [0.717, 1.165) is 5.69 Å². The highest BCUT2D eigenvalue weighted by molar-refractivity contribution is 6.33. The summed E-state index contributed by atoms with van der Waals surface area (Å²) in [6.07, 6.45) is 0. The molecule has 16 rings (SSSR count). The molecule has 2 heteroatoms. The molecule has 0 unspecified atom stereocenters. The van der Waals surface area contributed by atoms with E-state index in [1.54, 1.807) is 0 Å². The van der Waals surface area contributed by atoms with E-state index in [1.165, 1.54) is 148 Å². The van der Waals surface area contributed by atoms with Gasteiger partial charge in [-0.05, 0) is 148 Å². The van der Waals surface area contributed by atoms with Crippen molar-refractivity contribution in [1.82, 2.24) is 9.13 Å². The van der Waals surface area contributed by atoms with Crippen molar-refractivity contribution in [2.75, 3.05) is 0 Å². The van der Waals surface area contributed by atoms with Crippen molar-refractivity contribution in [1.29, 1.82) is 0 Å². The molecular formula is C68H40N2. The molecule has 0 radical (unpaired) electrons. The monoisotopic (exact) mass is 884 g/mol. The zero-order chi connectivity index (χ0) is 45.6. The lowest BCUT2D eigenvalue weighted by molar-refractivity contribution is 1.18. The highest BCUT2D eigenvalue weighted by Crippen LogP contribution is 2.50. The van der Waals surface area contributed by atoms with Crippen molar-refractivity contribution in [2.45, 2.75) is 0 Å². The second-order valence-corrected chi connectivity index (χ2v) is 19.1. The molecule has 1 aliphatic rings. The molecule has 0 atom stereocenters. The molecule has 0 aliphatic heterocycles. The zero-order valence-corrected chi connectivity index (χ0v) is 38.0. The Morgan fingerprint density at radius 2 is 0.657 bits per heavy atom. The SMILES string of the molecule is c1cc(-c2ccc3c4c(cccc24)-c2ccccc2-3)cc(-n2c3ccccc3c3cc(-c4ccc5c(c4)c4ccccc4n5-c4cc5c6ccccc6c6ccccc6c5c5ccccc45)ccc32)c1. The topological polar surface area (TPSA) is 9.86 Å². The van der Waals surface area contributed by atoms with E-state index in [9.17, 15) is 0 Å². The summed E-state index contributed by atoms with van der Waals surface area (Å²) in [5.41, 5.74) is 17.3. The van der Waals surface area contributed by atoms with Crippen LogP contribution in [-0.4, -0.2) is 9.13 Å². The molecule has 2 nitrogen and oxygen atoms in total. The molecule has 0 saturated heterocycles. The first-order valence-corrected chi connectivity index (χ1v) is 24.3. The normalized spacial score (nSPS) is 12.3. The van der Waals surface area contributed by atoms with Crippen LogP contribution in [0.25, 0.3) is 153 Å². The fourth-order valence-corrected chi connectivity index (χ4v) is 12.6. The zero-order valence-electron chi connectivity index (χ0n) is 38.0. The molecule has 322 valence electrons. The second-order valence-electron chi connectivity index (χ2n) is 19.1. The molecule has 2 aromatic heterocycles. The van der Waals surface area contributed by atoms with E-state index >= 15 is 0 Å². The van der Waals surface area contributed by atoms with Crippen molar-refractivity contribution < 1.29 is 0 Å². The highest BCUT2D eigenvalue weighted by atomic mass is 15.0. The quantitative estimate of drug-likeness (QED) is 0.156. The molecule has 0 saturated carbocycles. The summed E-state index contributed by atoms with van der Waals surface area (Å²) in [7, 11) is 0. The third-order valence-electron chi connectivity index (χ3n) is 15.6. The van der Waals surface area contributed by atoms with E-state index in [2.05, 4.69) is 252 Å². The summed E-state index contributed by atoms with van der Waals surface area (Å²) in [6.45, 7) is 0. The van der Waals surface area contributed by atoms with Crippen LogP contribution in [0.2, 0.25) is 0 Å². The van der Waals surface area contributed by atoms with Gasteiger partial charge in [0, 0.05) is 32.6 Å². The molecule has 0 bridgehead atoms. The van der Waals surface area contributed by atoms with Gasteiger partial charge in [-0.1, -0.05) is 188 Å². The Bertz CT molecular complexity index is 4740. The Morgan fingerprint density at radius 3 is 1.34 bits per heavy atom. The van der Waals surface area contributed by atoms with Crippen molar-refractivity contribution in [3.8, 4) is 55.9 Å². The maximum absolute atomic E-state index is 2.51. The summed E-state index contributed by atoms with van der Waals surface area (Å²) >= 11 is 0. The molecule has 0 fully saturated rings. The number of para-hydroxylation sites is 2. The predicted molar refractivity (Wildman–Crippen MR) is 298 cm³/mol. The second kappa shape index (κ2) is 14.1. The average molecular weight is 885 g/mol. The van der Waals surface area contributed by atoms with Gasteiger partial charge in [-0.15, -0.1) is 0 Å². The Kier molecular flexibility index (Phi) is 7.64. The minimum absolute atomic E-state index is 1.15. The van der Waals surface area contributed by atoms with Gasteiger partial charge in [0.1, 0.15) is 0 Å². The first-order chi connectivity index (χ1) is 34.7. The largest absolute Gasteiger partial charge is 0.309 e. The van der Waals surface area contributed by atoms with Gasteiger partial charge in [0.25, 0.3) is 0 Å². The first-order valence-electron chi connectivity index (χ1n) is 24.3. The molecular weight excluding hydrogens is 845 g/mol. The van der Waals surface area contributed by atoms with Crippen LogP contribution in [0.4, 0.5) is 0 Å². The van der Waals surface area contributed by atoms with Crippen molar-refractivity contribution in [2.24, 2.45) is 0 Å². The molecule has 0 spiro atoms. The van der Waals surface area contributed by atoms with Crippen molar-refractivity contribution in [3.63, 3.8) is 0 Å². The summed E-state index contributed by atoms with van der Waals surface area (Å²) in [6, 6.07) is 90.5. The van der Waals surface area contributed by atoms with E-state index < -0.39 is 0 Å². The molecule has 1 aliphatic carbocycles. The standard InChI is InChI=1S/C68H40N2/c1-4-21-50-46(17-1)47-18-5-7-25-55(47)68-57-26-8-6-22-51(57)66(40-61(50)68)70-63-30-12-10-24-53(63)60-39-42(32-36-65(60)70)41-31-35-64-59(38-41)52-23-9-11-29-62(52)69(64)44-16-13-15-43(37-44)45-33-34-58-49-20-3-2-19-48(49)56-28-14-27-54(45)67(56)58/h1-40H. The fourth-order valence-electron chi connectivity index (χ4n) is 12.6. The van der Waals surface area contributed by atoms with Crippen LogP contribution in [0.1, 0.15) is 0 Å². The number of hydrogen-bond acceptors (Lipinski definition) is 0. The van der Waals surface area contributed by atoms with Crippen LogP contribution in [0.3, 0.4) is 0 Å². The lowest BCUT2D eigenvalue weighted by Crippen LogP contribution is -1.97. The molecule has 2 heterocycles. The first kappa shape index (κ1) is 37.8. The molecule has 13 aromatic carbocycles. The number of fused-ring (bicyclic) bond motifs is 17. The van der Waals surface area contributed by atoms with E-state index in [1.807, 2.05) is 0 Å². The van der Waals surface area contributed by atoms with Crippen molar-refractivity contribution >= 4 is 97.5 Å². The third-order valence-corrected chi connectivity index (χ3v) is 15.6. The van der Waals surface area contributed by atoms with Crippen LogP contribution < -0.4 is 0 Å². The Labute approximate surface area is 403 Å². The average Bonchev–Trinajstić information content (AvgIpc) is 4.07. The van der Waals surface area contributed by atoms with Crippen molar-refractivity contribution in [3.05, 3.63) is 243 Å². The highest BCUT2D eigenvalue weighted by Gasteiger charge is 2.24. The van der Waals surface area contributed by atoms with Crippen LogP contribution in [0, 0.1) is 0 Å². The van der Waals surface area contributed by atoms with Gasteiger partial charge in [0.05, 0.1) is 27.8 Å². The van der Waals surface area contributed by atoms with E-state index in [4.69, 9.17) is 0 Å². The van der Waals surface area contributed by atoms with E-state index in [0.29, 0.717) is 0 Å². The maximum atomic E-state index is 2.51. The minimum Gasteiger partial charge on any atom is -0.309 e. The summed E-state index contributed by atoms with van der Waals surface area (Å²) in [4.78, 5) is 0. The predicted octanol–water partition coefficient (Wildman–Crippen LogP) is 18.6. The summed E-state index contributed by atoms with van der Waals surface area (Å²) < 4.78 is 4.96. The number of benzene rings is 13. The Morgan fingerprint density at radius 1 is 0.200 bits per heavy atom. The van der Waals surface area contributed by atoms with Gasteiger partial charge in [-0.2, -0.15) is 0 Å². The van der Waals surface area contributed by atoms with Gasteiger partial charge in [0.15, 0.2) is 0 Å². The maximum Gasteiger partial charge on any atom is 0.0547 e. The Hall–Kier alpha value is -9.24. The fraction of sp³-hybridized carbons (Fsp3) is 0. The van der Waals surface area contributed by atoms with Crippen LogP contribution >= 0.6 is 0 Å². The smallest absolute Gasteiger partial charge is 0.0547 e.